The highest BCUT2D eigenvalue weighted by Gasteiger charge is 2.26. The molecule has 2 aromatic rings. The summed E-state index contributed by atoms with van der Waals surface area (Å²) in [6, 6.07) is 2.00. The van der Waals surface area contributed by atoms with Crippen LogP contribution in [0.15, 0.2) is 18.5 Å². The lowest BCUT2D eigenvalue weighted by atomic mass is 9.87. The molecular formula is C24H34N6O2. The van der Waals surface area contributed by atoms with Crippen LogP contribution in [0.4, 0.5) is 5.95 Å². The van der Waals surface area contributed by atoms with Crippen LogP contribution in [0.25, 0.3) is 11.3 Å². The maximum absolute atomic E-state index is 12.2. The van der Waals surface area contributed by atoms with E-state index >= 15 is 0 Å². The van der Waals surface area contributed by atoms with Crippen LogP contribution < -0.4 is 10.6 Å². The Morgan fingerprint density at radius 3 is 2.69 bits per heavy atom. The van der Waals surface area contributed by atoms with E-state index in [0.29, 0.717) is 31.1 Å². The third kappa shape index (κ3) is 5.72. The lowest BCUT2D eigenvalue weighted by Crippen LogP contribution is -2.32. The summed E-state index contributed by atoms with van der Waals surface area (Å²) >= 11 is 0. The van der Waals surface area contributed by atoms with Gasteiger partial charge in [0.15, 0.2) is 0 Å². The third-order valence-electron chi connectivity index (χ3n) is 6.95. The number of amides is 2. The van der Waals surface area contributed by atoms with Crippen molar-refractivity contribution in [1.82, 2.24) is 25.1 Å². The molecule has 2 aliphatic rings. The number of imide groups is 1. The molecule has 1 saturated carbocycles. The largest absolute Gasteiger partial charge is 0.351 e. The normalized spacial score (nSPS) is 25.2. The van der Waals surface area contributed by atoms with Crippen molar-refractivity contribution < 1.29 is 9.59 Å². The molecule has 172 valence electrons. The number of nitrogens with one attached hydrogen (secondary N) is 2. The van der Waals surface area contributed by atoms with Gasteiger partial charge in [0.1, 0.15) is 0 Å². The van der Waals surface area contributed by atoms with Crippen LogP contribution in [-0.2, 0) is 23.1 Å². The molecule has 3 atom stereocenters. The van der Waals surface area contributed by atoms with Gasteiger partial charge < -0.3 is 5.32 Å². The zero-order chi connectivity index (χ0) is 22.7. The molecule has 0 radical (unpaired) electrons. The summed E-state index contributed by atoms with van der Waals surface area (Å²) in [4.78, 5) is 33.5. The Hall–Kier alpha value is -2.77. The first-order valence-electron chi connectivity index (χ1n) is 11.8. The van der Waals surface area contributed by atoms with Crippen molar-refractivity contribution in [3.8, 4) is 11.3 Å². The minimum Gasteiger partial charge on any atom is -0.351 e. The fraction of sp³-hybridized carbons (Fsp3) is 0.625. The van der Waals surface area contributed by atoms with E-state index < -0.39 is 0 Å². The number of carbonyl (C=O) groups excluding carboxylic acids is 2. The van der Waals surface area contributed by atoms with Crippen molar-refractivity contribution >= 4 is 17.8 Å². The highest BCUT2D eigenvalue weighted by atomic mass is 16.2. The van der Waals surface area contributed by atoms with Crippen molar-refractivity contribution in [3.05, 3.63) is 24.2 Å². The van der Waals surface area contributed by atoms with E-state index in [-0.39, 0.29) is 23.8 Å². The minimum absolute atomic E-state index is 0.0682. The van der Waals surface area contributed by atoms with Crippen molar-refractivity contribution in [3.63, 3.8) is 0 Å². The molecule has 3 heterocycles. The van der Waals surface area contributed by atoms with Gasteiger partial charge in [0.2, 0.25) is 17.8 Å². The van der Waals surface area contributed by atoms with E-state index in [1.165, 1.54) is 18.5 Å². The fourth-order valence-corrected chi connectivity index (χ4v) is 4.38. The topological polar surface area (TPSA) is 102 Å². The molecule has 1 aliphatic carbocycles. The molecule has 8 heteroatoms. The highest BCUT2D eigenvalue weighted by molar-refractivity contribution is 5.95. The lowest BCUT2D eigenvalue weighted by molar-refractivity contribution is -0.131. The maximum atomic E-state index is 12.2. The van der Waals surface area contributed by atoms with Gasteiger partial charge in [-0.3, -0.25) is 19.6 Å². The molecular weight excluding hydrogens is 404 g/mol. The SMILES string of the molecule is CC1CCC(Nc2nccc(-c3cnn(C)c3CC3CC3)n2)CCC(=O)NC(=O)C[C@H]1C. The third-order valence-corrected chi connectivity index (χ3v) is 6.95. The van der Waals surface area contributed by atoms with Crippen LogP contribution in [0.2, 0.25) is 0 Å². The van der Waals surface area contributed by atoms with Crippen LogP contribution in [0.3, 0.4) is 0 Å². The second kappa shape index (κ2) is 9.79. The van der Waals surface area contributed by atoms with Gasteiger partial charge >= 0.3 is 0 Å². The van der Waals surface area contributed by atoms with Gasteiger partial charge in [-0.15, -0.1) is 0 Å². The summed E-state index contributed by atoms with van der Waals surface area (Å²) < 4.78 is 1.95. The van der Waals surface area contributed by atoms with Gasteiger partial charge in [0, 0.05) is 43.4 Å². The molecule has 2 N–H and O–H groups in total. The Kier molecular flexibility index (Phi) is 6.86. The Morgan fingerprint density at radius 1 is 1.09 bits per heavy atom. The Labute approximate surface area is 189 Å². The Bertz CT molecular complexity index is 967. The number of aromatic nitrogens is 4. The molecule has 0 spiro atoms. The summed E-state index contributed by atoms with van der Waals surface area (Å²) in [6.07, 6.45) is 10.5. The highest BCUT2D eigenvalue weighted by Crippen LogP contribution is 2.35. The monoisotopic (exact) mass is 438 g/mol. The van der Waals surface area contributed by atoms with Crippen LogP contribution >= 0.6 is 0 Å². The van der Waals surface area contributed by atoms with Crippen molar-refractivity contribution in [2.45, 2.75) is 71.3 Å². The first-order valence-corrected chi connectivity index (χ1v) is 11.8. The van der Waals surface area contributed by atoms with Gasteiger partial charge in [0.25, 0.3) is 0 Å². The standard InChI is InChI=1S/C24H34N6O2/c1-15-4-7-18(8-9-22(31)29-23(32)12-16(15)2)27-24-25-11-10-20(28-24)19-14-26-30(3)21(19)13-17-5-6-17/h10-11,14-18H,4-9,12-13H2,1-3H3,(H,25,27,28)(H,29,31,32)/t15?,16-,18?/m1/s1. The molecule has 0 bridgehead atoms. The number of aryl methyl sites for hydroxylation is 1. The van der Waals surface area contributed by atoms with Crippen molar-refractivity contribution in [2.24, 2.45) is 24.8 Å². The fourth-order valence-electron chi connectivity index (χ4n) is 4.38. The summed E-state index contributed by atoms with van der Waals surface area (Å²) in [5.41, 5.74) is 3.15. The first-order chi connectivity index (χ1) is 15.4. The summed E-state index contributed by atoms with van der Waals surface area (Å²) in [5, 5.41) is 10.4. The zero-order valence-corrected chi connectivity index (χ0v) is 19.3. The number of rotatable bonds is 5. The number of nitrogens with zero attached hydrogens (tertiary/aromatic N) is 4. The molecule has 2 unspecified atom stereocenters. The van der Waals surface area contributed by atoms with E-state index in [1.54, 1.807) is 6.20 Å². The van der Waals surface area contributed by atoms with E-state index in [4.69, 9.17) is 4.98 Å². The number of carbonyl (C=O) groups is 2. The van der Waals surface area contributed by atoms with E-state index in [0.717, 1.165) is 36.4 Å². The molecule has 1 saturated heterocycles. The molecule has 0 aromatic carbocycles. The number of hydrogen-bond acceptors (Lipinski definition) is 6. The Balaban J connectivity index is 1.49. The van der Waals surface area contributed by atoms with Crippen LogP contribution in [0.5, 0.6) is 0 Å². The second-order valence-corrected chi connectivity index (χ2v) is 9.63. The zero-order valence-electron chi connectivity index (χ0n) is 19.3. The van der Waals surface area contributed by atoms with Gasteiger partial charge in [0.05, 0.1) is 11.9 Å². The first kappa shape index (κ1) is 22.4. The molecule has 2 fully saturated rings. The molecule has 4 rings (SSSR count). The van der Waals surface area contributed by atoms with Crippen LogP contribution in [-0.4, -0.2) is 37.6 Å². The van der Waals surface area contributed by atoms with Gasteiger partial charge in [-0.1, -0.05) is 13.8 Å². The van der Waals surface area contributed by atoms with E-state index in [1.807, 2.05) is 24.0 Å². The summed E-state index contributed by atoms with van der Waals surface area (Å²) in [6.45, 7) is 4.25. The van der Waals surface area contributed by atoms with E-state index in [2.05, 4.69) is 34.6 Å². The smallest absolute Gasteiger partial charge is 0.226 e. The van der Waals surface area contributed by atoms with Gasteiger partial charge in [-0.05, 0) is 62.3 Å². The molecule has 8 nitrogen and oxygen atoms in total. The van der Waals surface area contributed by atoms with E-state index in [9.17, 15) is 9.59 Å². The van der Waals surface area contributed by atoms with Crippen LogP contribution in [0.1, 0.15) is 64.5 Å². The van der Waals surface area contributed by atoms with Gasteiger partial charge in [-0.2, -0.15) is 5.10 Å². The number of anilines is 1. The van der Waals surface area contributed by atoms with Crippen LogP contribution in [0, 0.1) is 17.8 Å². The second-order valence-electron chi connectivity index (χ2n) is 9.63. The van der Waals surface area contributed by atoms with Crippen molar-refractivity contribution in [2.75, 3.05) is 5.32 Å². The maximum Gasteiger partial charge on any atom is 0.226 e. The average Bonchev–Trinajstić information content (AvgIpc) is 3.51. The predicted octanol–water partition coefficient (Wildman–Crippen LogP) is 3.49. The quantitative estimate of drug-likeness (QED) is 0.693. The summed E-state index contributed by atoms with van der Waals surface area (Å²) in [5.74, 6) is 1.58. The Morgan fingerprint density at radius 2 is 1.91 bits per heavy atom. The van der Waals surface area contributed by atoms with Gasteiger partial charge in [-0.25, -0.2) is 9.97 Å². The molecule has 32 heavy (non-hydrogen) atoms. The predicted molar refractivity (Wildman–Crippen MR) is 123 cm³/mol. The molecule has 2 aromatic heterocycles. The number of hydrogen-bond donors (Lipinski definition) is 2. The lowest BCUT2D eigenvalue weighted by Gasteiger charge is -2.22. The van der Waals surface area contributed by atoms with Crippen molar-refractivity contribution in [1.29, 1.82) is 0 Å². The summed E-state index contributed by atoms with van der Waals surface area (Å²) in [7, 11) is 1.99. The minimum atomic E-state index is -0.210. The average molecular weight is 439 g/mol. The molecule has 1 aliphatic heterocycles. The molecule has 2 amide bonds.